The number of ether oxygens (including phenoxy) is 1. The van der Waals surface area contributed by atoms with Crippen LogP contribution in [0.25, 0.3) is 0 Å². The lowest BCUT2D eigenvalue weighted by atomic mass is 10.0. The Morgan fingerprint density at radius 3 is 2.82 bits per heavy atom. The second-order valence-electron chi connectivity index (χ2n) is 4.11. The van der Waals surface area contributed by atoms with E-state index in [1.54, 1.807) is 18.2 Å². The number of rotatable bonds is 2. The quantitative estimate of drug-likeness (QED) is 0.726. The van der Waals surface area contributed by atoms with E-state index in [-0.39, 0.29) is 0 Å². The molecule has 0 saturated carbocycles. The first-order valence-electron chi connectivity index (χ1n) is 5.42. The molecule has 0 bridgehead atoms. The van der Waals surface area contributed by atoms with E-state index in [1.807, 2.05) is 0 Å². The fourth-order valence-corrected chi connectivity index (χ4v) is 2.21. The van der Waals surface area contributed by atoms with Gasteiger partial charge in [-0.1, -0.05) is 12.1 Å². The summed E-state index contributed by atoms with van der Waals surface area (Å²) in [5.41, 5.74) is 1.45. The van der Waals surface area contributed by atoms with Crippen LogP contribution in [0.5, 0.6) is 5.75 Å². The molecule has 1 aromatic carbocycles. The summed E-state index contributed by atoms with van der Waals surface area (Å²) in [5.74, 6) is 0.760. The molecule has 0 spiro atoms. The maximum atomic E-state index is 12.2. The van der Waals surface area contributed by atoms with Crippen LogP contribution in [0.3, 0.4) is 0 Å². The second-order valence-corrected chi connectivity index (χ2v) is 4.63. The summed E-state index contributed by atoms with van der Waals surface area (Å²) in [6.07, 6.45) is -3.52. The van der Waals surface area contributed by atoms with Gasteiger partial charge in [-0.25, -0.2) is 0 Å². The summed E-state index contributed by atoms with van der Waals surface area (Å²) in [5, 5.41) is -1.03. The van der Waals surface area contributed by atoms with E-state index in [1.165, 1.54) is 0 Å². The van der Waals surface area contributed by atoms with E-state index in [0.717, 1.165) is 24.2 Å². The van der Waals surface area contributed by atoms with Gasteiger partial charge < -0.3 is 4.74 Å². The lowest BCUT2D eigenvalue weighted by Crippen LogP contribution is -2.12. The van der Waals surface area contributed by atoms with E-state index in [0.29, 0.717) is 12.2 Å². The number of benzene rings is 1. The first-order valence-corrected chi connectivity index (χ1v) is 5.86. The molecule has 1 aromatic rings. The van der Waals surface area contributed by atoms with Gasteiger partial charge in [-0.05, 0) is 30.0 Å². The largest absolute Gasteiger partial charge is 0.493 e. The summed E-state index contributed by atoms with van der Waals surface area (Å²) >= 11 is 5.77. The molecule has 94 valence electrons. The maximum absolute atomic E-state index is 12.2. The molecule has 1 nitrogen and oxygen atoms in total. The lowest BCUT2D eigenvalue weighted by Gasteiger charge is -2.19. The van der Waals surface area contributed by atoms with Crippen LogP contribution < -0.4 is 4.74 Å². The van der Waals surface area contributed by atoms with E-state index < -0.39 is 18.0 Å². The van der Waals surface area contributed by atoms with Crippen molar-refractivity contribution in [3.05, 3.63) is 29.3 Å². The van der Waals surface area contributed by atoms with Gasteiger partial charge >= 0.3 is 6.18 Å². The van der Waals surface area contributed by atoms with E-state index in [9.17, 15) is 13.2 Å². The molecule has 5 heteroatoms. The Morgan fingerprint density at radius 1 is 1.35 bits per heavy atom. The van der Waals surface area contributed by atoms with Crippen LogP contribution in [0.15, 0.2) is 18.2 Å². The number of halogens is 4. The molecule has 0 N–H and O–H groups in total. The molecule has 1 atom stereocenters. The smallest absolute Gasteiger partial charge is 0.390 e. The third kappa shape index (κ3) is 3.28. The highest BCUT2D eigenvalue weighted by Crippen LogP contribution is 2.36. The van der Waals surface area contributed by atoms with E-state index >= 15 is 0 Å². The van der Waals surface area contributed by atoms with Crippen molar-refractivity contribution in [2.75, 3.05) is 6.61 Å². The average molecular weight is 265 g/mol. The number of alkyl halides is 4. The maximum Gasteiger partial charge on any atom is 0.390 e. The Labute approximate surface area is 103 Å². The van der Waals surface area contributed by atoms with Crippen molar-refractivity contribution in [1.82, 2.24) is 0 Å². The molecule has 2 rings (SSSR count). The van der Waals surface area contributed by atoms with Gasteiger partial charge in [0.1, 0.15) is 5.75 Å². The highest BCUT2D eigenvalue weighted by atomic mass is 35.5. The van der Waals surface area contributed by atoms with Crippen LogP contribution >= 0.6 is 11.6 Å². The molecule has 0 aromatic heterocycles. The van der Waals surface area contributed by atoms with Crippen molar-refractivity contribution in [2.45, 2.75) is 30.8 Å². The molecular formula is C12H12ClF3O. The van der Waals surface area contributed by atoms with E-state index in [4.69, 9.17) is 16.3 Å². The minimum Gasteiger partial charge on any atom is -0.493 e. The molecule has 0 saturated heterocycles. The fraction of sp³-hybridized carbons (Fsp3) is 0.500. The zero-order chi connectivity index (χ0) is 12.5. The Morgan fingerprint density at radius 2 is 2.12 bits per heavy atom. The Bertz CT molecular complexity index is 403. The molecule has 17 heavy (non-hydrogen) atoms. The van der Waals surface area contributed by atoms with E-state index in [2.05, 4.69) is 0 Å². The van der Waals surface area contributed by atoms with Crippen molar-refractivity contribution in [2.24, 2.45) is 0 Å². The van der Waals surface area contributed by atoms with Gasteiger partial charge in [0.15, 0.2) is 0 Å². The molecule has 1 unspecified atom stereocenters. The van der Waals surface area contributed by atoms with Crippen molar-refractivity contribution < 1.29 is 17.9 Å². The molecule has 1 heterocycles. The van der Waals surface area contributed by atoms with Gasteiger partial charge in [0.2, 0.25) is 0 Å². The molecule has 1 aliphatic rings. The third-order valence-electron chi connectivity index (χ3n) is 2.70. The highest BCUT2D eigenvalue weighted by molar-refractivity contribution is 6.20. The first kappa shape index (κ1) is 12.6. The van der Waals surface area contributed by atoms with Crippen LogP contribution in [0.4, 0.5) is 13.2 Å². The Kier molecular flexibility index (Phi) is 3.52. The van der Waals surface area contributed by atoms with Crippen LogP contribution in [-0.2, 0) is 6.42 Å². The summed E-state index contributed by atoms with van der Waals surface area (Å²) < 4.78 is 42.1. The van der Waals surface area contributed by atoms with Crippen molar-refractivity contribution in [3.8, 4) is 5.75 Å². The number of fused-ring (bicyclic) bond motifs is 1. The fourth-order valence-electron chi connectivity index (χ4n) is 1.90. The average Bonchev–Trinajstić information content (AvgIpc) is 2.26. The first-order chi connectivity index (χ1) is 7.96. The monoisotopic (exact) mass is 264 g/mol. The van der Waals surface area contributed by atoms with Crippen molar-refractivity contribution in [1.29, 1.82) is 0 Å². The third-order valence-corrected chi connectivity index (χ3v) is 3.11. The van der Waals surface area contributed by atoms with Gasteiger partial charge in [-0.3, -0.25) is 0 Å². The second kappa shape index (κ2) is 4.77. The summed E-state index contributed by atoms with van der Waals surface area (Å²) in [7, 11) is 0. The van der Waals surface area contributed by atoms with Gasteiger partial charge in [0.05, 0.1) is 18.4 Å². The van der Waals surface area contributed by atoms with Crippen molar-refractivity contribution in [3.63, 3.8) is 0 Å². The molecule has 0 aliphatic carbocycles. The predicted octanol–water partition coefficient (Wildman–Crippen LogP) is 4.24. The van der Waals surface area contributed by atoms with Crippen molar-refractivity contribution >= 4 is 11.6 Å². The van der Waals surface area contributed by atoms with Crippen LogP contribution in [-0.4, -0.2) is 12.8 Å². The molecule has 1 aliphatic heterocycles. The normalized spacial score (nSPS) is 17.2. The number of hydrogen-bond acceptors (Lipinski definition) is 1. The van der Waals surface area contributed by atoms with Gasteiger partial charge in [0.25, 0.3) is 0 Å². The zero-order valence-electron chi connectivity index (χ0n) is 9.06. The van der Waals surface area contributed by atoms with Gasteiger partial charge in [-0.15, -0.1) is 11.6 Å². The Hall–Kier alpha value is -0.900. The summed E-state index contributed by atoms with van der Waals surface area (Å²) in [6.45, 7) is 0.666. The summed E-state index contributed by atoms with van der Waals surface area (Å²) in [6, 6.07) is 5.03. The standard InChI is InChI=1S/C12H12ClF3O/c13-10(7-12(14,15)16)8-3-4-11-9(6-8)2-1-5-17-11/h3-4,6,10H,1-2,5,7H2. The van der Waals surface area contributed by atoms with Gasteiger partial charge in [-0.2, -0.15) is 13.2 Å². The van der Waals surface area contributed by atoms with Crippen LogP contribution in [0.1, 0.15) is 29.3 Å². The molecular weight excluding hydrogens is 253 g/mol. The minimum absolute atomic E-state index is 0.508. The minimum atomic E-state index is -4.24. The zero-order valence-corrected chi connectivity index (χ0v) is 9.81. The number of hydrogen-bond donors (Lipinski definition) is 0. The van der Waals surface area contributed by atoms with Crippen LogP contribution in [0.2, 0.25) is 0 Å². The summed E-state index contributed by atoms with van der Waals surface area (Å²) in [4.78, 5) is 0. The molecule has 0 radical (unpaired) electrons. The lowest BCUT2D eigenvalue weighted by molar-refractivity contribution is -0.134. The molecule has 0 fully saturated rings. The Balaban J connectivity index is 2.16. The highest BCUT2D eigenvalue weighted by Gasteiger charge is 2.32. The number of aryl methyl sites for hydroxylation is 1. The topological polar surface area (TPSA) is 9.23 Å². The SMILES string of the molecule is FC(F)(F)CC(Cl)c1ccc2c(c1)CCCO2. The van der Waals surface area contributed by atoms with Crippen LogP contribution in [0, 0.1) is 0 Å². The predicted molar refractivity (Wildman–Crippen MR) is 59.5 cm³/mol. The molecule has 0 amide bonds. The van der Waals surface area contributed by atoms with Gasteiger partial charge in [0, 0.05) is 0 Å².